The first-order valence-electron chi connectivity index (χ1n) is 5.71. The smallest absolute Gasteiger partial charge is 0.328 e. The topological polar surface area (TPSA) is 116 Å². The van der Waals surface area contributed by atoms with Crippen LogP contribution in [0.4, 0.5) is 0 Å². The van der Waals surface area contributed by atoms with E-state index in [9.17, 15) is 9.59 Å². The molecule has 0 saturated carbocycles. The minimum atomic E-state index is -0.963. The molecule has 0 aliphatic carbocycles. The number of aliphatic carboxylic acids is 2. The Hall–Kier alpha value is -2.83. The van der Waals surface area contributed by atoms with E-state index in [1.807, 2.05) is 0 Å². The Morgan fingerprint density at radius 2 is 2.20 bits per heavy atom. The van der Waals surface area contributed by atoms with Crippen LogP contribution in [0.2, 0.25) is 0 Å². The number of aromatic amines is 1. The van der Waals surface area contributed by atoms with Gasteiger partial charge in [0.2, 0.25) is 0 Å². The largest absolute Gasteiger partial charge is 0.481 e. The summed E-state index contributed by atoms with van der Waals surface area (Å²) >= 11 is 0. The maximum Gasteiger partial charge on any atom is 0.328 e. The summed E-state index contributed by atoms with van der Waals surface area (Å²) < 4.78 is 4.92. The number of nitrogens with zero attached hydrogens (tertiary/aromatic N) is 1. The number of carbonyl (C=O) groups is 2. The van der Waals surface area contributed by atoms with Gasteiger partial charge in [-0.1, -0.05) is 0 Å². The minimum Gasteiger partial charge on any atom is -0.481 e. The Balaban J connectivity index is 0.000000200. The molecule has 0 saturated heterocycles. The molecule has 0 aliphatic heterocycles. The lowest BCUT2D eigenvalue weighted by molar-refractivity contribution is -0.137. The van der Waals surface area contributed by atoms with Crippen LogP contribution in [-0.4, -0.2) is 32.1 Å². The van der Waals surface area contributed by atoms with Gasteiger partial charge >= 0.3 is 11.9 Å². The van der Waals surface area contributed by atoms with Gasteiger partial charge < -0.3 is 19.6 Å². The van der Waals surface area contributed by atoms with Crippen molar-refractivity contribution in [3.05, 3.63) is 48.5 Å². The first kappa shape index (κ1) is 15.2. The quantitative estimate of drug-likeness (QED) is 0.718. The third-order valence-electron chi connectivity index (χ3n) is 2.09. The van der Waals surface area contributed by atoms with E-state index in [0.29, 0.717) is 12.1 Å². The van der Waals surface area contributed by atoms with Gasteiger partial charge in [-0.15, -0.1) is 0 Å². The average Bonchev–Trinajstić information content (AvgIpc) is 3.08. The predicted molar refractivity (Wildman–Crippen MR) is 69.9 cm³/mol. The molecule has 106 valence electrons. The van der Waals surface area contributed by atoms with Crippen LogP contribution in [0.3, 0.4) is 0 Å². The number of hydrogen-bond donors (Lipinski definition) is 3. The Morgan fingerprint density at radius 1 is 1.40 bits per heavy atom. The Kier molecular flexibility index (Phi) is 6.32. The molecule has 0 aliphatic rings. The van der Waals surface area contributed by atoms with Gasteiger partial charge in [0.1, 0.15) is 5.76 Å². The number of aromatic nitrogens is 2. The summed E-state index contributed by atoms with van der Waals surface area (Å²) in [5, 5.41) is 16.5. The number of carboxylic acids is 2. The lowest BCUT2D eigenvalue weighted by Gasteiger charge is -1.89. The number of nitrogens with one attached hydrogen (secondary N) is 1. The molecule has 0 aromatic carbocycles. The van der Waals surface area contributed by atoms with Gasteiger partial charge in [-0.3, -0.25) is 4.79 Å². The van der Waals surface area contributed by atoms with Crippen LogP contribution in [-0.2, 0) is 16.0 Å². The SMILES string of the molecule is O=C(O)C=Cc1cnc[nH]1.O=C(O)CCc1ccco1. The third-order valence-corrected chi connectivity index (χ3v) is 2.09. The highest BCUT2D eigenvalue weighted by Gasteiger charge is 1.99. The summed E-state index contributed by atoms with van der Waals surface area (Å²) in [4.78, 5) is 26.5. The first-order valence-corrected chi connectivity index (χ1v) is 5.71. The number of aryl methyl sites for hydroxylation is 1. The van der Waals surface area contributed by atoms with Gasteiger partial charge in [0, 0.05) is 12.5 Å². The van der Waals surface area contributed by atoms with Crippen molar-refractivity contribution >= 4 is 18.0 Å². The van der Waals surface area contributed by atoms with Gasteiger partial charge in [-0.2, -0.15) is 0 Å². The highest BCUT2D eigenvalue weighted by Crippen LogP contribution is 2.02. The van der Waals surface area contributed by atoms with Gasteiger partial charge in [0.05, 0.1) is 30.9 Å². The maximum atomic E-state index is 10.1. The molecule has 0 fully saturated rings. The fourth-order valence-electron chi connectivity index (χ4n) is 1.20. The number of imidazole rings is 1. The molecular formula is C13H14N2O5. The van der Waals surface area contributed by atoms with E-state index < -0.39 is 11.9 Å². The normalized spacial score (nSPS) is 10.0. The van der Waals surface area contributed by atoms with Gasteiger partial charge in [-0.25, -0.2) is 9.78 Å². The average molecular weight is 278 g/mol. The molecule has 0 atom stereocenters. The molecule has 7 heteroatoms. The van der Waals surface area contributed by atoms with E-state index in [4.69, 9.17) is 14.6 Å². The lowest BCUT2D eigenvalue weighted by atomic mass is 10.2. The van der Waals surface area contributed by atoms with E-state index in [2.05, 4.69) is 9.97 Å². The molecule has 3 N–H and O–H groups in total. The van der Waals surface area contributed by atoms with Crippen molar-refractivity contribution in [2.45, 2.75) is 12.8 Å². The van der Waals surface area contributed by atoms with Crippen molar-refractivity contribution in [2.75, 3.05) is 0 Å². The third kappa shape index (κ3) is 6.80. The van der Waals surface area contributed by atoms with Gasteiger partial charge in [-0.05, 0) is 18.2 Å². The second kappa shape index (κ2) is 8.30. The molecule has 2 aromatic heterocycles. The molecule has 2 aromatic rings. The number of carboxylic acid groups (broad SMARTS) is 2. The monoisotopic (exact) mass is 278 g/mol. The van der Waals surface area contributed by atoms with Crippen LogP contribution in [0.1, 0.15) is 17.9 Å². The molecule has 20 heavy (non-hydrogen) atoms. The second-order valence-corrected chi connectivity index (χ2v) is 3.65. The zero-order chi connectivity index (χ0) is 14.8. The number of H-pyrrole nitrogens is 1. The Morgan fingerprint density at radius 3 is 2.70 bits per heavy atom. The van der Waals surface area contributed by atoms with Crippen molar-refractivity contribution in [1.29, 1.82) is 0 Å². The van der Waals surface area contributed by atoms with E-state index in [1.54, 1.807) is 18.3 Å². The highest BCUT2D eigenvalue weighted by molar-refractivity contribution is 5.84. The molecule has 0 unspecified atom stereocenters. The highest BCUT2D eigenvalue weighted by atomic mass is 16.4. The van der Waals surface area contributed by atoms with E-state index in [0.717, 1.165) is 11.8 Å². The van der Waals surface area contributed by atoms with E-state index >= 15 is 0 Å². The van der Waals surface area contributed by atoms with E-state index in [-0.39, 0.29) is 6.42 Å². The second-order valence-electron chi connectivity index (χ2n) is 3.65. The summed E-state index contributed by atoms with van der Waals surface area (Å²) in [5.74, 6) is -1.03. The molecule has 0 spiro atoms. The molecular weight excluding hydrogens is 264 g/mol. The summed E-state index contributed by atoms with van der Waals surface area (Å²) in [6.07, 6.45) is 7.66. The molecule has 0 amide bonds. The minimum absolute atomic E-state index is 0.132. The van der Waals surface area contributed by atoms with Crippen LogP contribution < -0.4 is 0 Å². The summed E-state index contributed by atoms with van der Waals surface area (Å²) in [7, 11) is 0. The van der Waals surface area contributed by atoms with Crippen molar-refractivity contribution in [3.63, 3.8) is 0 Å². The molecule has 0 radical (unpaired) electrons. The van der Waals surface area contributed by atoms with Gasteiger partial charge in [0.25, 0.3) is 0 Å². The lowest BCUT2D eigenvalue weighted by Crippen LogP contribution is -1.95. The van der Waals surface area contributed by atoms with Crippen LogP contribution in [0.5, 0.6) is 0 Å². The summed E-state index contributed by atoms with van der Waals surface area (Å²) in [6.45, 7) is 0. The number of furan rings is 1. The number of hydrogen-bond acceptors (Lipinski definition) is 4. The van der Waals surface area contributed by atoms with Crippen molar-refractivity contribution in [3.8, 4) is 0 Å². The van der Waals surface area contributed by atoms with Crippen molar-refractivity contribution in [1.82, 2.24) is 9.97 Å². The summed E-state index contributed by atoms with van der Waals surface area (Å²) in [6, 6.07) is 3.51. The molecule has 0 bridgehead atoms. The molecule has 7 nitrogen and oxygen atoms in total. The van der Waals surface area contributed by atoms with E-state index in [1.165, 1.54) is 18.7 Å². The van der Waals surface area contributed by atoms with Crippen LogP contribution in [0.25, 0.3) is 6.08 Å². The fraction of sp³-hybridized carbons (Fsp3) is 0.154. The molecule has 2 heterocycles. The zero-order valence-electron chi connectivity index (χ0n) is 10.5. The maximum absolute atomic E-state index is 10.1. The first-order chi connectivity index (χ1) is 9.58. The molecule has 2 rings (SSSR count). The van der Waals surface area contributed by atoms with Crippen LogP contribution >= 0.6 is 0 Å². The Bertz CT molecular complexity index is 543. The van der Waals surface area contributed by atoms with Gasteiger partial charge in [0.15, 0.2) is 0 Å². The standard InChI is InChI=1S/C7H8O3.C6H6N2O2/c8-7(9)4-3-6-2-1-5-10-6;9-6(10)2-1-5-3-7-4-8-5/h1-2,5H,3-4H2,(H,8,9);1-4H,(H,7,8)(H,9,10). The van der Waals surface area contributed by atoms with Crippen LogP contribution in [0, 0.1) is 0 Å². The predicted octanol–water partition coefficient (Wildman–Crippen LogP) is 1.80. The Labute approximate surface area is 114 Å². The van der Waals surface area contributed by atoms with Crippen molar-refractivity contribution in [2.24, 2.45) is 0 Å². The van der Waals surface area contributed by atoms with Crippen molar-refractivity contribution < 1.29 is 24.2 Å². The fourth-order valence-corrected chi connectivity index (χ4v) is 1.20. The van der Waals surface area contributed by atoms with Crippen LogP contribution in [0.15, 0.2) is 41.4 Å². The zero-order valence-corrected chi connectivity index (χ0v) is 10.5. The number of rotatable bonds is 5. The summed E-state index contributed by atoms with van der Waals surface area (Å²) in [5.41, 5.74) is 0.683.